The van der Waals surface area contributed by atoms with E-state index in [1.54, 1.807) is 4.57 Å². The second kappa shape index (κ2) is 11.7. The lowest BCUT2D eigenvalue weighted by Crippen LogP contribution is -2.48. The van der Waals surface area contributed by atoms with E-state index in [4.69, 9.17) is 4.74 Å². The van der Waals surface area contributed by atoms with Gasteiger partial charge in [-0.3, -0.25) is 13.9 Å². The van der Waals surface area contributed by atoms with Crippen molar-refractivity contribution in [2.75, 3.05) is 19.6 Å². The molecule has 0 atom stereocenters. The van der Waals surface area contributed by atoms with E-state index in [2.05, 4.69) is 53.4 Å². The molecule has 3 aromatic carbocycles. The zero-order chi connectivity index (χ0) is 27.4. The monoisotopic (exact) mass is 525 g/mol. The first-order valence-corrected chi connectivity index (χ1v) is 14.1. The molecule has 39 heavy (non-hydrogen) atoms. The lowest BCUT2D eigenvalue weighted by Gasteiger charge is -2.34. The summed E-state index contributed by atoms with van der Waals surface area (Å²) >= 11 is 0. The van der Waals surface area contributed by atoms with E-state index in [0.29, 0.717) is 17.4 Å². The fourth-order valence-electron chi connectivity index (χ4n) is 5.65. The van der Waals surface area contributed by atoms with Gasteiger partial charge in [0.1, 0.15) is 6.10 Å². The molecule has 0 N–H and O–H groups in total. The molecule has 6 nitrogen and oxygen atoms in total. The average molecular weight is 526 g/mol. The molecule has 0 radical (unpaired) electrons. The Morgan fingerprint density at radius 2 is 1.36 bits per heavy atom. The predicted octanol–water partition coefficient (Wildman–Crippen LogP) is 5.58. The van der Waals surface area contributed by atoms with Gasteiger partial charge >= 0.3 is 5.69 Å². The number of nitrogens with zero attached hydrogens (tertiary/aromatic N) is 3. The second-order valence-corrected chi connectivity index (χ2v) is 11.5. The minimum atomic E-state index is -0.584. The van der Waals surface area contributed by atoms with Gasteiger partial charge in [-0.2, -0.15) is 0 Å². The van der Waals surface area contributed by atoms with Gasteiger partial charge in [0, 0.05) is 25.2 Å². The number of fused-ring (bicyclic) bond motifs is 1. The number of benzene rings is 3. The predicted molar refractivity (Wildman–Crippen MR) is 157 cm³/mol. The standard InChI is InChI=1S/C33H39N3O3/c1-33(2,3)36-31(37)28-17-10-11-18-29(28)35(32(36)38)22-12-21-34-23-19-27(20-24-34)39-30(25-13-6-4-7-14-25)26-15-8-5-9-16-26/h4-11,13-18,27,30H,12,19-24H2,1-3H3. The van der Waals surface area contributed by atoms with Gasteiger partial charge in [0.25, 0.3) is 5.56 Å². The van der Waals surface area contributed by atoms with Crippen LogP contribution < -0.4 is 11.2 Å². The van der Waals surface area contributed by atoms with Crippen molar-refractivity contribution in [1.29, 1.82) is 0 Å². The number of hydrogen-bond acceptors (Lipinski definition) is 4. The zero-order valence-electron chi connectivity index (χ0n) is 23.3. The Morgan fingerprint density at radius 3 is 1.95 bits per heavy atom. The molecule has 0 aliphatic carbocycles. The SMILES string of the molecule is CC(C)(C)n1c(=O)c2ccccc2n(CCCN2CCC(OC(c3ccccc3)c3ccccc3)CC2)c1=O. The third-order valence-corrected chi connectivity index (χ3v) is 7.65. The first-order valence-electron chi connectivity index (χ1n) is 14.1. The lowest BCUT2D eigenvalue weighted by molar-refractivity contribution is -0.0271. The number of likely N-dealkylation sites (tertiary alicyclic amines) is 1. The van der Waals surface area contributed by atoms with E-state index >= 15 is 0 Å². The van der Waals surface area contributed by atoms with E-state index in [0.717, 1.165) is 38.9 Å². The van der Waals surface area contributed by atoms with Crippen LogP contribution in [0.3, 0.4) is 0 Å². The van der Waals surface area contributed by atoms with Crippen molar-refractivity contribution in [3.63, 3.8) is 0 Å². The Hall–Kier alpha value is -3.48. The van der Waals surface area contributed by atoms with E-state index in [1.807, 2.05) is 57.2 Å². The first-order chi connectivity index (χ1) is 18.8. The minimum Gasteiger partial charge on any atom is -0.365 e. The van der Waals surface area contributed by atoms with Gasteiger partial charge in [-0.1, -0.05) is 72.8 Å². The number of ether oxygens (including phenoxy) is 1. The van der Waals surface area contributed by atoms with Crippen LogP contribution in [-0.4, -0.2) is 39.8 Å². The topological polar surface area (TPSA) is 56.5 Å². The van der Waals surface area contributed by atoms with Crippen molar-refractivity contribution in [2.24, 2.45) is 0 Å². The maximum atomic E-state index is 13.4. The van der Waals surface area contributed by atoms with Gasteiger partial charge in [-0.25, -0.2) is 4.79 Å². The van der Waals surface area contributed by atoms with Crippen LogP contribution in [0.2, 0.25) is 0 Å². The smallest absolute Gasteiger partial charge is 0.331 e. The average Bonchev–Trinajstić information content (AvgIpc) is 2.94. The number of rotatable bonds is 8. The maximum absolute atomic E-state index is 13.4. The van der Waals surface area contributed by atoms with Crippen LogP contribution in [-0.2, 0) is 16.8 Å². The van der Waals surface area contributed by atoms with Crippen LogP contribution >= 0.6 is 0 Å². The van der Waals surface area contributed by atoms with Crippen molar-refractivity contribution in [2.45, 2.75) is 64.3 Å². The number of aryl methyl sites for hydroxylation is 1. The summed E-state index contributed by atoms with van der Waals surface area (Å²) in [5.74, 6) is 0. The Morgan fingerprint density at radius 1 is 0.795 bits per heavy atom. The van der Waals surface area contributed by atoms with Gasteiger partial charge in [-0.15, -0.1) is 0 Å². The number of para-hydroxylation sites is 1. The Kier molecular flexibility index (Phi) is 8.15. The van der Waals surface area contributed by atoms with Crippen molar-refractivity contribution in [3.05, 3.63) is 117 Å². The van der Waals surface area contributed by atoms with Crippen LogP contribution in [0.4, 0.5) is 0 Å². The highest BCUT2D eigenvalue weighted by atomic mass is 16.5. The fourth-order valence-corrected chi connectivity index (χ4v) is 5.65. The summed E-state index contributed by atoms with van der Waals surface area (Å²) in [5, 5.41) is 0.594. The number of hydrogen-bond donors (Lipinski definition) is 0. The molecule has 5 rings (SSSR count). The number of aromatic nitrogens is 2. The molecule has 0 amide bonds. The van der Waals surface area contributed by atoms with Gasteiger partial charge < -0.3 is 9.64 Å². The second-order valence-electron chi connectivity index (χ2n) is 11.5. The molecular formula is C33H39N3O3. The van der Waals surface area contributed by atoms with E-state index in [9.17, 15) is 9.59 Å². The van der Waals surface area contributed by atoms with Gasteiger partial charge in [0.05, 0.1) is 17.0 Å². The van der Waals surface area contributed by atoms with E-state index in [1.165, 1.54) is 15.7 Å². The Balaban J connectivity index is 1.22. The molecule has 1 saturated heterocycles. The van der Waals surface area contributed by atoms with Crippen molar-refractivity contribution in [3.8, 4) is 0 Å². The molecule has 0 unspecified atom stereocenters. The van der Waals surface area contributed by atoms with Crippen LogP contribution in [0.5, 0.6) is 0 Å². The summed E-state index contributed by atoms with van der Waals surface area (Å²) in [4.78, 5) is 29.0. The van der Waals surface area contributed by atoms with Crippen LogP contribution in [0.25, 0.3) is 10.9 Å². The highest BCUT2D eigenvalue weighted by Gasteiger charge is 2.25. The molecule has 2 heterocycles. The molecule has 1 aliphatic rings. The Labute approximate surface area is 230 Å². The van der Waals surface area contributed by atoms with Gasteiger partial charge in [-0.05, 0) is 69.8 Å². The zero-order valence-corrected chi connectivity index (χ0v) is 23.3. The lowest BCUT2D eigenvalue weighted by atomic mass is 10.00. The van der Waals surface area contributed by atoms with Crippen LogP contribution in [0.1, 0.15) is 57.3 Å². The minimum absolute atomic E-state index is 0.0670. The fraction of sp³-hybridized carbons (Fsp3) is 0.394. The maximum Gasteiger partial charge on any atom is 0.331 e. The van der Waals surface area contributed by atoms with E-state index in [-0.39, 0.29) is 23.5 Å². The summed E-state index contributed by atoms with van der Waals surface area (Å²) in [6.45, 7) is 9.14. The third kappa shape index (κ3) is 6.07. The summed E-state index contributed by atoms with van der Waals surface area (Å²) in [7, 11) is 0. The van der Waals surface area contributed by atoms with Crippen molar-refractivity contribution < 1.29 is 4.74 Å². The largest absolute Gasteiger partial charge is 0.365 e. The van der Waals surface area contributed by atoms with Crippen molar-refractivity contribution >= 4 is 10.9 Å². The van der Waals surface area contributed by atoms with Crippen molar-refractivity contribution in [1.82, 2.24) is 14.0 Å². The molecule has 4 aromatic rings. The molecule has 0 bridgehead atoms. The molecule has 0 saturated carbocycles. The highest BCUT2D eigenvalue weighted by Crippen LogP contribution is 2.30. The van der Waals surface area contributed by atoms with Crippen LogP contribution in [0.15, 0.2) is 94.5 Å². The molecular weight excluding hydrogens is 486 g/mol. The van der Waals surface area contributed by atoms with Gasteiger partial charge in [0.2, 0.25) is 0 Å². The molecule has 1 aliphatic heterocycles. The molecule has 1 fully saturated rings. The quantitative estimate of drug-likeness (QED) is 0.301. The third-order valence-electron chi connectivity index (χ3n) is 7.65. The molecule has 204 valence electrons. The van der Waals surface area contributed by atoms with E-state index < -0.39 is 5.54 Å². The summed E-state index contributed by atoms with van der Waals surface area (Å²) < 4.78 is 9.88. The summed E-state index contributed by atoms with van der Waals surface area (Å²) in [6.07, 6.45) is 2.94. The summed E-state index contributed by atoms with van der Waals surface area (Å²) in [5.41, 5.74) is 2.05. The normalized spacial score (nSPS) is 15.3. The molecule has 6 heteroatoms. The summed E-state index contributed by atoms with van der Waals surface area (Å²) in [6, 6.07) is 28.4. The molecule has 1 aromatic heterocycles. The number of piperidine rings is 1. The Bertz CT molecular complexity index is 1460. The highest BCUT2D eigenvalue weighted by molar-refractivity contribution is 5.77. The van der Waals surface area contributed by atoms with Gasteiger partial charge in [0.15, 0.2) is 0 Å². The first kappa shape index (κ1) is 27.1. The molecule has 0 spiro atoms. The van der Waals surface area contributed by atoms with Crippen LogP contribution in [0, 0.1) is 0 Å².